The number of nitrogens with zero attached hydrogens (tertiary/aromatic N) is 1. The highest BCUT2D eigenvalue weighted by Crippen LogP contribution is 2.35. The van der Waals surface area contributed by atoms with Gasteiger partial charge in [-0.05, 0) is 31.5 Å². The Morgan fingerprint density at radius 3 is 2.52 bits per heavy atom. The van der Waals surface area contributed by atoms with Gasteiger partial charge in [-0.25, -0.2) is 0 Å². The summed E-state index contributed by atoms with van der Waals surface area (Å²) in [5, 5.41) is 7.81. The molecule has 0 saturated carbocycles. The van der Waals surface area contributed by atoms with Gasteiger partial charge in [-0.3, -0.25) is 0 Å². The molecule has 0 radical (unpaired) electrons. The fraction of sp³-hybridized carbons (Fsp3) is 0.400. The molecule has 1 aromatic heterocycles. The lowest BCUT2D eigenvalue weighted by atomic mass is 10.1. The molecule has 1 heterocycles. The molecule has 2 rings (SSSR count). The van der Waals surface area contributed by atoms with Crippen LogP contribution in [0.2, 0.25) is 5.02 Å². The summed E-state index contributed by atoms with van der Waals surface area (Å²) in [6.07, 6.45) is 0. The molecular formula is C15H19ClN2O3. The molecule has 0 saturated heterocycles. The van der Waals surface area contributed by atoms with Gasteiger partial charge in [0.1, 0.15) is 5.76 Å². The van der Waals surface area contributed by atoms with Crippen LogP contribution in [0, 0.1) is 13.8 Å². The standard InChI is InChI=1S/C15H19ClN2O3/c1-9-12(10(2)21-18-9)8-17-7-11-5-13(16)15(20-4)14(6-11)19-3/h5-6,17H,7-8H2,1-4H3. The fourth-order valence-corrected chi connectivity index (χ4v) is 2.47. The summed E-state index contributed by atoms with van der Waals surface area (Å²) in [7, 11) is 3.16. The van der Waals surface area contributed by atoms with E-state index in [-0.39, 0.29) is 0 Å². The quantitative estimate of drug-likeness (QED) is 0.887. The van der Waals surface area contributed by atoms with Crippen LogP contribution in [0.25, 0.3) is 0 Å². The third-order valence-electron chi connectivity index (χ3n) is 3.31. The van der Waals surface area contributed by atoms with Crippen molar-refractivity contribution in [2.45, 2.75) is 26.9 Å². The zero-order chi connectivity index (χ0) is 15.4. The van der Waals surface area contributed by atoms with Gasteiger partial charge < -0.3 is 19.3 Å². The zero-order valence-electron chi connectivity index (χ0n) is 12.6. The maximum atomic E-state index is 6.18. The van der Waals surface area contributed by atoms with E-state index >= 15 is 0 Å². The molecule has 1 N–H and O–H groups in total. The molecule has 5 nitrogen and oxygen atoms in total. The second kappa shape index (κ2) is 6.83. The second-order valence-electron chi connectivity index (χ2n) is 4.72. The number of ether oxygens (including phenoxy) is 2. The van der Waals surface area contributed by atoms with Gasteiger partial charge in [0.25, 0.3) is 0 Å². The maximum Gasteiger partial charge on any atom is 0.179 e. The van der Waals surface area contributed by atoms with Crippen molar-refractivity contribution < 1.29 is 14.0 Å². The topological polar surface area (TPSA) is 56.5 Å². The summed E-state index contributed by atoms with van der Waals surface area (Å²) < 4.78 is 15.6. The minimum absolute atomic E-state index is 0.533. The van der Waals surface area contributed by atoms with Gasteiger partial charge in [-0.2, -0.15) is 0 Å². The van der Waals surface area contributed by atoms with Gasteiger partial charge in [0, 0.05) is 18.7 Å². The largest absolute Gasteiger partial charge is 0.493 e. The van der Waals surface area contributed by atoms with Gasteiger partial charge in [-0.15, -0.1) is 0 Å². The lowest BCUT2D eigenvalue weighted by molar-refractivity contribution is 0.354. The number of aromatic nitrogens is 1. The summed E-state index contributed by atoms with van der Waals surface area (Å²) in [4.78, 5) is 0. The Kier molecular flexibility index (Phi) is 5.09. The molecule has 0 unspecified atom stereocenters. The average Bonchev–Trinajstić information content (AvgIpc) is 2.78. The Balaban J connectivity index is 2.05. The zero-order valence-corrected chi connectivity index (χ0v) is 13.4. The first-order valence-electron chi connectivity index (χ1n) is 6.59. The Labute approximate surface area is 129 Å². The van der Waals surface area contributed by atoms with E-state index in [0.29, 0.717) is 29.6 Å². The van der Waals surface area contributed by atoms with Crippen LogP contribution in [0.3, 0.4) is 0 Å². The highest BCUT2D eigenvalue weighted by Gasteiger charge is 2.12. The summed E-state index contributed by atoms with van der Waals surface area (Å²) >= 11 is 6.18. The minimum atomic E-state index is 0.533. The molecule has 0 fully saturated rings. The molecule has 0 aliphatic rings. The molecule has 1 aromatic carbocycles. The number of hydrogen-bond donors (Lipinski definition) is 1. The van der Waals surface area contributed by atoms with Crippen molar-refractivity contribution in [3.63, 3.8) is 0 Å². The van der Waals surface area contributed by atoms with Gasteiger partial charge >= 0.3 is 0 Å². The smallest absolute Gasteiger partial charge is 0.179 e. The van der Waals surface area contributed by atoms with E-state index in [1.165, 1.54) is 0 Å². The van der Waals surface area contributed by atoms with Crippen LogP contribution < -0.4 is 14.8 Å². The number of nitrogens with one attached hydrogen (secondary N) is 1. The first kappa shape index (κ1) is 15.7. The minimum Gasteiger partial charge on any atom is -0.493 e. The van der Waals surface area contributed by atoms with E-state index < -0.39 is 0 Å². The van der Waals surface area contributed by atoms with Gasteiger partial charge in [0.05, 0.1) is 24.9 Å². The predicted octanol–water partition coefficient (Wildman–Crippen LogP) is 3.25. The lowest BCUT2D eigenvalue weighted by Crippen LogP contribution is -2.13. The van der Waals surface area contributed by atoms with Crippen molar-refractivity contribution in [3.8, 4) is 11.5 Å². The molecule has 0 atom stereocenters. The predicted molar refractivity (Wildman–Crippen MR) is 81.1 cm³/mol. The third kappa shape index (κ3) is 3.49. The lowest BCUT2D eigenvalue weighted by Gasteiger charge is -2.12. The summed E-state index contributed by atoms with van der Waals surface area (Å²) in [5.74, 6) is 2.01. The second-order valence-corrected chi connectivity index (χ2v) is 5.13. The van der Waals surface area contributed by atoms with E-state index in [1.807, 2.05) is 26.0 Å². The van der Waals surface area contributed by atoms with Crippen LogP contribution in [0.15, 0.2) is 16.7 Å². The highest BCUT2D eigenvalue weighted by molar-refractivity contribution is 6.32. The summed E-state index contributed by atoms with van der Waals surface area (Å²) in [6.45, 7) is 5.18. The fourth-order valence-electron chi connectivity index (χ4n) is 2.16. The van der Waals surface area contributed by atoms with Crippen molar-refractivity contribution >= 4 is 11.6 Å². The maximum absolute atomic E-state index is 6.18. The molecule has 21 heavy (non-hydrogen) atoms. The molecule has 0 amide bonds. The molecule has 0 aliphatic heterocycles. The van der Waals surface area contributed by atoms with Crippen molar-refractivity contribution in [2.24, 2.45) is 0 Å². The number of aryl methyl sites for hydroxylation is 2. The van der Waals surface area contributed by atoms with Crippen molar-refractivity contribution in [3.05, 3.63) is 39.7 Å². The molecule has 2 aromatic rings. The van der Waals surface area contributed by atoms with Gasteiger partial charge in [0.15, 0.2) is 11.5 Å². The van der Waals surface area contributed by atoms with Crippen LogP contribution in [-0.2, 0) is 13.1 Å². The van der Waals surface area contributed by atoms with Crippen LogP contribution >= 0.6 is 11.6 Å². The molecule has 0 spiro atoms. The number of benzene rings is 1. The van der Waals surface area contributed by atoms with Gasteiger partial charge in [0.2, 0.25) is 0 Å². The first-order valence-corrected chi connectivity index (χ1v) is 6.97. The third-order valence-corrected chi connectivity index (χ3v) is 3.59. The Morgan fingerprint density at radius 1 is 1.19 bits per heavy atom. The van der Waals surface area contributed by atoms with Crippen LogP contribution in [0.4, 0.5) is 0 Å². The molecule has 114 valence electrons. The normalized spacial score (nSPS) is 10.7. The molecule has 0 aliphatic carbocycles. The van der Waals surface area contributed by atoms with E-state index in [4.69, 9.17) is 25.6 Å². The van der Waals surface area contributed by atoms with Crippen molar-refractivity contribution in [1.29, 1.82) is 0 Å². The Morgan fingerprint density at radius 2 is 1.95 bits per heavy atom. The number of hydrogen-bond acceptors (Lipinski definition) is 5. The van der Waals surface area contributed by atoms with Crippen molar-refractivity contribution in [2.75, 3.05) is 14.2 Å². The molecular weight excluding hydrogens is 292 g/mol. The highest BCUT2D eigenvalue weighted by atomic mass is 35.5. The van der Waals surface area contributed by atoms with E-state index in [0.717, 1.165) is 22.6 Å². The first-order chi connectivity index (χ1) is 10.1. The summed E-state index contributed by atoms with van der Waals surface area (Å²) in [5.41, 5.74) is 3.01. The van der Waals surface area contributed by atoms with E-state index in [2.05, 4.69) is 10.5 Å². The van der Waals surface area contributed by atoms with Crippen LogP contribution in [0.5, 0.6) is 11.5 Å². The monoisotopic (exact) mass is 310 g/mol. The summed E-state index contributed by atoms with van der Waals surface area (Å²) in [6, 6.07) is 3.77. The van der Waals surface area contributed by atoms with Crippen molar-refractivity contribution in [1.82, 2.24) is 10.5 Å². The number of halogens is 1. The average molecular weight is 311 g/mol. The van der Waals surface area contributed by atoms with E-state index in [9.17, 15) is 0 Å². The van der Waals surface area contributed by atoms with Crippen LogP contribution in [-0.4, -0.2) is 19.4 Å². The van der Waals surface area contributed by atoms with Gasteiger partial charge in [-0.1, -0.05) is 16.8 Å². The molecule has 0 bridgehead atoms. The molecule has 6 heteroatoms. The Bertz CT molecular complexity index is 606. The number of methoxy groups -OCH3 is 2. The Hall–Kier alpha value is -1.72. The SMILES string of the molecule is COc1cc(CNCc2c(C)noc2C)cc(Cl)c1OC. The van der Waals surface area contributed by atoms with E-state index in [1.54, 1.807) is 14.2 Å². The number of rotatable bonds is 6. The van der Waals surface area contributed by atoms with Crippen LogP contribution in [0.1, 0.15) is 22.6 Å².